The zero-order valence-corrected chi connectivity index (χ0v) is 15.3. The van der Waals surface area contributed by atoms with E-state index < -0.39 is 0 Å². The van der Waals surface area contributed by atoms with Gasteiger partial charge in [-0.25, -0.2) is 0 Å². The lowest BCUT2D eigenvalue weighted by Gasteiger charge is -2.41. The lowest BCUT2D eigenvalue weighted by molar-refractivity contribution is -0.134. The number of hydrogen-bond acceptors (Lipinski definition) is 2. The lowest BCUT2D eigenvalue weighted by Crippen LogP contribution is -2.47. The van der Waals surface area contributed by atoms with Gasteiger partial charge >= 0.3 is 0 Å². The maximum Gasteiger partial charge on any atom is 0.222 e. The smallest absolute Gasteiger partial charge is 0.222 e. The van der Waals surface area contributed by atoms with Gasteiger partial charge in [0.15, 0.2) is 0 Å². The Kier molecular flexibility index (Phi) is 5.60. The number of amides is 1. The van der Waals surface area contributed by atoms with Crippen molar-refractivity contribution in [2.45, 2.75) is 51.4 Å². The number of carbonyl (C=O) groups is 1. The van der Waals surface area contributed by atoms with Crippen LogP contribution in [0, 0.1) is 11.8 Å². The van der Waals surface area contributed by atoms with Crippen LogP contribution in [0.2, 0.25) is 0 Å². The summed E-state index contributed by atoms with van der Waals surface area (Å²) in [5.74, 6) is 1.50. The van der Waals surface area contributed by atoms with Gasteiger partial charge in [0, 0.05) is 24.9 Å². The van der Waals surface area contributed by atoms with Crippen LogP contribution < -0.4 is 5.32 Å². The van der Waals surface area contributed by atoms with Crippen molar-refractivity contribution in [3.05, 3.63) is 35.9 Å². The van der Waals surface area contributed by atoms with Crippen LogP contribution in [-0.2, 0) is 10.2 Å². The van der Waals surface area contributed by atoms with Crippen LogP contribution in [0.25, 0.3) is 0 Å². The molecular formula is C21H32N2O. The van der Waals surface area contributed by atoms with Crippen LogP contribution in [0.15, 0.2) is 30.3 Å². The van der Waals surface area contributed by atoms with E-state index >= 15 is 0 Å². The van der Waals surface area contributed by atoms with Crippen LogP contribution in [0.5, 0.6) is 0 Å². The molecule has 0 aromatic heterocycles. The molecule has 0 aliphatic carbocycles. The van der Waals surface area contributed by atoms with E-state index in [1.165, 1.54) is 24.8 Å². The number of likely N-dealkylation sites (tertiary alicyclic amines) is 1. The number of rotatable bonds is 4. The van der Waals surface area contributed by atoms with E-state index in [1.807, 2.05) is 0 Å². The Balaban J connectivity index is 1.60. The molecule has 1 aromatic rings. The van der Waals surface area contributed by atoms with Gasteiger partial charge in [-0.05, 0) is 56.2 Å². The predicted molar refractivity (Wildman–Crippen MR) is 99.0 cm³/mol. The molecule has 0 saturated carbocycles. The monoisotopic (exact) mass is 328 g/mol. The summed E-state index contributed by atoms with van der Waals surface area (Å²) in [5.41, 5.74) is 1.47. The summed E-state index contributed by atoms with van der Waals surface area (Å²) in [4.78, 5) is 15.0. The minimum Gasteiger partial charge on any atom is -0.342 e. The highest BCUT2D eigenvalue weighted by molar-refractivity contribution is 5.76. The van der Waals surface area contributed by atoms with E-state index in [2.05, 4.69) is 54.4 Å². The molecule has 3 nitrogen and oxygen atoms in total. The van der Waals surface area contributed by atoms with Gasteiger partial charge in [0.2, 0.25) is 5.91 Å². The Labute approximate surface area is 146 Å². The van der Waals surface area contributed by atoms with Crippen molar-refractivity contribution in [3.8, 4) is 0 Å². The summed E-state index contributed by atoms with van der Waals surface area (Å²) in [6, 6.07) is 10.7. The molecule has 1 amide bonds. The van der Waals surface area contributed by atoms with E-state index in [0.29, 0.717) is 24.2 Å². The van der Waals surface area contributed by atoms with Crippen LogP contribution in [0.1, 0.15) is 51.5 Å². The van der Waals surface area contributed by atoms with Crippen LogP contribution >= 0.6 is 0 Å². The first kappa shape index (κ1) is 17.5. The molecule has 132 valence electrons. The van der Waals surface area contributed by atoms with Crippen LogP contribution in [-0.4, -0.2) is 37.0 Å². The third kappa shape index (κ3) is 4.00. The topological polar surface area (TPSA) is 32.3 Å². The van der Waals surface area contributed by atoms with Crippen molar-refractivity contribution < 1.29 is 4.79 Å². The normalized spacial score (nSPS) is 29.2. The molecule has 0 radical (unpaired) electrons. The zero-order valence-electron chi connectivity index (χ0n) is 15.3. The lowest BCUT2D eigenvalue weighted by atomic mass is 9.75. The second kappa shape index (κ2) is 7.69. The quantitative estimate of drug-likeness (QED) is 0.916. The van der Waals surface area contributed by atoms with E-state index in [0.717, 1.165) is 32.6 Å². The molecule has 2 heterocycles. The first-order valence-corrected chi connectivity index (χ1v) is 9.62. The molecule has 2 aliphatic rings. The summed E-state index contributed by atoms with van der Waals surface area (Å²) < 4.78 is 0. The molecule has 24 heavy (non-hydrogen) atoms. The van der Waals surface area contributed by atoms with Gasteiger partial charge < -0.3 is 10.2 Å². The van der Waals surface area contributed by atoms with Crippen LogP contribution in [0.4, 0.5) is 0 Å². The average Bonchev–Trinajstić information content (AvgIpc) is 2.63. The number of piperidine rings is 2. The number of nitrogens with zero attached hydrogens (tertiary/aromatic N) is 1. The van der Waals surface area contributed by atoms with Crippen molar-refractivity contribution in [2.75, 3.05) is 26.2 Å². The van der Waals surface area contributed by atoms with Crippen LogP contribution in [0.3, 0.4) is 0 Å². The molecule has 2 saturated heterocycles. The van der Waals surface area contributed by atoms with Crippen molar-refractivity contribution in [1.82, 2.24) is 10.2 Å². The summed E-state index contributed by atoms with van der Waals surface area (Å²) in [7, 11) is 0. The van der Waals surface area contributed by atoms with Gasteiger partial charge in [-0.1, -0.05) is 44.2 Å². The molecule has 2 aliphatic heterocycles. The molecule has 1 aromatic carbocycles. The number of carbonyl (C=O) groups excluding carboxylic acids is 1. The number of nitrogens with one attached hydrogen (secondary N) is 1. The highest BCUT2D eigenvalue weighted by Crippen LogP contribution is 2.34. The minimum absolute atomic E-state index is 0.102. The third-order valence-corrected chi connectivity index (χ3v) is 6.16. The molecule has 0 bridgehead atoms. The molecule has 3 atom stereocenters. The Morgan fingerprint density at radius 1 is 1.33 bits per heavy atom. The maximum atomic E-state index is 12.9. The maximum absolute atomic E-state index is 12.9. The highest BCUT2D eigenvalue weighted by atomic mass is 16.2. The fourth-order valence-corrected chi connectivity index (χ4v) is 4.46. The SMILES string of the molecule is CC(CC(=O)N1CCCC(C)(c2ccccc2)C1)C1CCCNC1. The van der Waals surface area contributed by atoms with Gasteiger partial charge in [-0.2, -0.15) is 0 Å². The molecule has 1 N–H and O–H groups in total. The Morgan fingerprint density at radius 3 is 2.83 bits per heavy atom. The van der Waals surface area contributed by atoms with E-state index in [1.54, 1.807) is 0 Å². The fraction of sp³-hybridized carbons (Fsp3) is 0.667. The van der Waals surface area contributed by atoms with E-state index in [9.17, 15) is 4.79 Å². The number of benzene rings is 1. The number of hydrogen-bond donors (Lipinski definition) is 1. The highest BCUT2D eigenvalue weighted by Gasteiger charge is 2.35. The summed E-state index contributed by atoms with van der Waals surface area (Å²) in [6.07, 6.45) is 5.50. The second-order valence-electron chi connectivity index (χ2n) is 8.13. The average molecular weight is 329 g/mol. The van der Waals surface area contributed by atoms with Gasteiger partial charge in [0.1, 0.15) is 0 Å². The molecule has 3 unspecified atom stereocenters. The molecule has 2 fully saturated rings. The van der Waals surface area contributed by atoms with Gasteiger partial charge in [0.05, 0.1) is 0 Å². The Morgan fingerprint density at radius 2 is 2.12 bits per heavy atom. The van der Waals surface area contributed by atoms with E-state index in [-0.39, 0.29) is 5.41 Å². The molecular weight excluding hydrogens is 296 g/mol. The molecule has 0 spiro atoms. The van der Waals surface area contributed by atoms with Gasteiger partial charge in [-0.15, -0.1) is 0 Å². The van der Waals surface area contributed by atoms with Crippen molar-refractivity contribution in [3.63, 3.8) is 0 Å². The largest absolute Gasteiger partial charge is 0.342 e. The standard InChI is InChI=1S/C21H32N2O/c1-17(18-8-6-12-22-15-18)14-20(24)23-13-7-11-21(2,16-23)19-9-4-3-5-10-19/h3-5,9-10,17-18,22H,6-8,11-16H2,1-2H3. The second-order valence-corrected chi connectivity index (χ2v) is 8.13. The molecule has 3 rings (SSSR count). The first-order chi connectivity index (χ1) is 11.6. The molecule has 3 heteroatoms. The zero-order chi connectivity index (χ0) is 17.0. The summed E-state index contributed by atoms with van der Waals surface area (Å²) >= 11 is 0. The van der Waals surface area contributed by atoms with Gasteiger partial charge in [-0.3, -0.25) is 4.79 Å². The Bertz CT molecular complexity index is 538. The third-order valence-electron chi connectivity index (χ3n) is 6.16. The van der Waals surface area contributed by atoms with Crippen molar-refractivity contribution in [2.24, 2.45) is 11.8 Å². The van der Waals surface area contributed by atoms with Crippen molar-refractivity contribution >= 4 is 5.91 Å². The van der Waals surface area contributed by atoms with Crippen molar-refractivity contribution in [1.29, 1.82) is 0 Å². The Hall–Kier alpha value is -1.35. The summed E-state index contributed by atoms with van der Waals surface area (Å²) in [5, 5.41) is 3.48. The predicted octanol–water partition coefficient (Wildman–Crippen LogP) is 3.59. The summed E-state index contributed by atoms with van der Waals surface area (Å²) in [6.45, 7) is 8.59. The minimum atomic E-state index is 0.102. The first-order valence-electron chi connectivity index (χ1n) is 9.62. The fourth-order valence-electron chi connectivity index (χ4n) is 4.46. The van der Waals surface area contributed by atoms with E-state index in [4.69, 9.17) is 0 Å². The van der Waals surface area contributed by atoms with Gasteiger partial charge in [0.25, 0.3) is 0 Å².